The van der Waals surface area contributed by atoms with Crippen molar-refractivity contribution in [3.8, 4) is 22.6 Å². The van der Waals surface area contributed by atoms with Gasteiger partial charge in [0.05, 0.1) is 28.3 Å². The molecule has 38 heavy (non-hydrogen) atoms. The van der Waals surface area contributed by atoms with Gasteiger partial charge < -0.3 is 15.2 Å². The van der Waals surface area contributed by atoms with Gasteiger partial charge in [0.1, 0.15) is 17.0 Å². The van der Waals surface area contributed by atoms with Gasteiger partial charge in [0.2, 0.25) is 5.91 Å². The summed E-state index contributed by atoms with van der Waals surface area (Å²) in [5, 5.41) is 10.6. The minimum atomic E-state index is -0.426. The summed E-state index contributed by atoms with van der Waals surface area (Å²) in [4.78, 5) is 31.7. The van der Waals surface area contributed by atoms with Crippen molar-refractivity contribution in [1.29, 1.82) is 0 Å². The van der Waals surface area contributed by atoms with Crippen LogP contribution >= 0.6 is 0 Å². The molecule has 4 aromatic heterocycles. The molecule has 7 rings (SSSR count). The van der Waals surface area contributed by atoms with Crippen molar-refractivity contribution in [1.82, 2.24) is 30.1 Å². The van der Waals surface area contributed by atoms with Crippen molar-refractivity contribution in [3.63, 3.8) is 0 Å². The monoisotopic (exact) mass is 510 g/mol. The van der Waals surface area contributed by atoms with Crippen molar-refractivity contribution in [2.24, 2.45) is 5.92 Å². The third kappa shape index (κ3) is 3.87. The molecule has 1 saturated heterocycles. The molecule has 0 unspecified atom stereocenters. The Kier molecular flexibility index (Phi) is 5.52. The number of piperidine rings is 1. The Labute approximate surface area is 217 Å². The van der Waals surface area contributed by atoms with E-state index < -0.39 is 5.82 Å². The van der Waals surface area contributed by atoms with Crippen LogP contribution in [0.15, 0.2) is 42.9 Å². The molecule has 1 aromatic carbocycles. The van der Waals surface area contributed by atoms with Crippen LogP contribution in [-0.4, -0.2) is 49.1 Å². The highest BCUT2D eigenvalue weighted by Gasteiger charge is 2.26. The van der Waals surface area contributed by atoms with Crippen LogP contribution in [-0.2, 0) is 4.79 Å². The SMILES string of the molecule is O=C(Nc1cncc(-c2ccc3[nH]nc(-c4nc5c(N6CCCCC6)nccc5[nH]4)c3c2F)c1)C1CCC1. The molecule has 9 nitrogen and oxygen atoms in total. The summed E-state index contributed by atoms with van der Waals surface area (Å²) in [6.07, 6.45) is 11.3. The molecule has 192 valence electrons. The van der Waals surface area contributed by atoms with Crippen LogP contribution < -0.4 is 10.2 Å². The molecule has 0 spiro atoms. The summed E-state index contributed by atoms with van der Waals surface area (Å²) in [5.74, 6) is 0.942. The number of aromatic nitrogens is 6. The first-order valence-electron chi connectivity index (χ1n) is 13.2. The molecule has 5 heterocycles. The van der Waals surface area contributed by atoms with Gasteiger partial charge in [0.25, 0.3) is 0 Å². The topological polar surface area (TPSA) is 115 Å². The van der Waals surface area contributed by atoms with Gasteiger partial charge >= 0.3 is 0 Å². The number of rotatable bonds is 5. The Bertz CT molecular complexity index is 1660. The predicted molar refractivity (Wildman–Crippen MR) is 144 cm³/mol. The average molecular weight is 511 g/mol. The predicted octanol–water partition coefficient (Wildman–Crippen LogP) is 5.43. The number of amides is 1. The van der Waals surface area contributed by atoms with Crippen molar-refractivity contribution < 1.29 is 9.18 Å². The van der Waals surface area contributed by atoms with Gasteiger partial charge in [-0.3, -0.25) is 14.9 Å². The largest absolute Gasteiger partial charge is 0.355 e. The second-order valence-corrected chi connectivity index (χ2v) is 10.2. The van der Waals surface area contributed by atoms with Crippen LogP contribution in [0.3, 0.4) is 0 Å². The van der Waals surface area contributed by atoms with E-state index in [4.69, 9.17) is 4.98 Å². The number of nitrogens with one attached hydrogen (secondary N) is 3. The number of hydrogen-bond donors (Lipinski definition) is 3. The molecule has 0 atom stereocenters. The maximum absolute atomic E-state index is 16.1. The van der Waals surface area contributed by atoms with Crippen LogP contribution in [0, 0.1) is 11.7 Å². The third-order valence-electron chi connectivity index (χ3n) is 7.72. The van der Waals surface area contributed by atoms with Gasteiger partial charge in [0.15, 0.2) is 11.6 Å². The Hall–Kier alpha value is -4.34. The van der Waals surface area contributed by atoms with Crippen LogP contribution in [0.2, 0.25) is 0 Å². The lowest BCUT2D eigenvalue weighted by Gasteiger charge is -2.27. The van der Waals surface area contributed by atoms with Gasteiger partial charge in [-0.05, 0) is 56.4 Å². The number of anilines is 2. The van der Waals surface area contributed by atoms with E-state index in [1.807, 2.05) is 6.07 Å². The van der Waals surface area contributed by atoms with Crippen LogP contribution in [0.25, 0.3) is 44.6 Å². The third-order valence-corrected chi connectivity index (χ3v) is 7.72. The van der Waals surface area contributed by atoms with E-state index >= 15 is 4.39 Å². The zero-order chi connectivity index (χ0) is 25.6. The highest BCUT2D eigenvalue weighted by molar-refractivity contribution is 5.98. The second-order valence-electron chi connectivity index (χ2n) is 10.2. The number of H-pyrrole nitrogens is 2. The fraction of sp³-hybridized carbons (Fsp3) is 0.321. The normalized spacial score (nSPS) is 16.2. The summed E-state index contributed by atoms with van der Waals surface area (Å²) in [7, 11) is 0. The molecule has 0 bridgehead atoms. The lowest BCUT2D eigenvalue weighted by Crippen LogP contribution is -2.30. The zero-order valence-corrected chi connectivity index (χ0v) is 20.8. The zero-order valence-electron chi connectivity index (χ0n) is 20.8. The van der Waals surface area contributed by atoms with Crippen molar-refractivity contribution in [2.75, 3.05) is 23.3 Å². The highest BCUT2D eigenvalue weighted by atomic mass is 19.1. The van der Waals surface area contributed by atoms with Gasteiger partial charge in [-0.1, -0.05) is 6.42 Å². The maximum atomic E-state index is 16.1. The molecule has 1 aliphatic heterocycles. The summed E-state index contributed by atoms with van der Waals surface area (Å²) in [5.41, 5.74) is 4.07. The standard InChI is InChI=1S/C28H27FN8O/c29-23-19(17-13-18(15-30-14-17)32-28(38)16-5-4-6-16)7-8-20-22(23)25(36-35-20)26-33-21-9-10-31-27(24(21)34-26)37-11-2-1-3-12-37/h7-10,13-16H,1-6,11-12H2,(H,32,38)(H,33,34)(H,35,36). The summed E-state index contributed by atoms with van der Waals surface area (Å²) in [6, 6.07) is 7.13. The number of hydrogen-bond acceptors (Lipinski definition) is 6. The number of halogens is 1. The lowest BCUT2D eigenvalue weighted by atomic mass is 9.85. The first-order chi connectivity index (χ1) is 18.7. The van der Waals surface area contributed by atoms with Crippen molar-refractivity contribution in [2.45, 2.75) is 38.5 Å². The Balaban J connectivity index is 1.27. The Morgan fingerprint density at radius 1 is 1.05 bits per heavy atom. The highest BCUT2D eigenvalue weighted by Crippen LogP contribution is 2.36. The fourth-order valence-corrected chi connectivity index (χ4v) is 5.41. The number of carbonyl (C=O) groups excluding carboxylic acids is 1. The maximum Gasteiger partial charge on any atom is 0.227 e. The average Bonchev–Trinajstić information content (AvgIpc) is 3.53. The number of imidazole rings is 1. The number of pyridine rings is 2. The minimum absolute atomic E-state index is 0.00783. The Morgan fingerprint density at radius 2 is 1.92 bits per heavy atom. The van der Waals surface area contributed by atoms with Gasteiger partial charge in [-0.2, -0.15) is 5.10 Å². The molecule has 1 saturated carbocycles. The van der Waals surface area contributed by atoms with Gasteiger partial charge in [0, 0.05) is 42.5 Å². The van der Waals surface area contributed by atoms with E-state index in [0.717, 1.165) is 62.0 Å². The van der Waals surface area contributed by atoms with Crippen LogP contribution in [0.1, 0.15) is 38.5 Å². The van der Waals surface area contributed by atoms with Crippen molar-refractivity contribution >= 4 is 39.3 Å². The van der Waals surface area contributed by atoms with Gasteiger partial charge in [-0.25, -0.2) is 14.4 Å². The molecular formula is C28H27FN8O. The van der Waals surface area contributed by atoms with E-state index in [2.05, 4.69) is 35.4 Å². The first-order valence-corrected chi connectivity index (χ1v) is 13.2. The van der Waals surface area contributed by atoms with E-state index in [1.54, 1.807) is 36.8 Å². The van der Waals surface area contributed by atoms with Crippen LogP contribution in [0.4, 0.5) is 15.9 Å². The summed E-state index contributed by atoms with van der Waals surface area (Å²) >= 11 is 0. The number of benzene rings is 1. The fourth-order valence-electron chi connectivity index (χ4n) is 5.41. The summed E-state index contributed by atoms with van der Waals surface area (Å²) < 4.78 is 16.1. The molecule has 10 heteroatoms. The van der Waals surface area contributed by atoms with E-state index in [1.165, 1.54) is 6.42 Å². The van der Waals surface area contributed by atoms with Gasteiger partial charge in [-0.15, -0.1) is 0 Å². The lowest BCUT2D eigenvalue weighted by molar-refractivity contribution is -0.122. The number of carbonyl (C=O) groups is 1. The van der Waals surface area contributed by atoms with Crippen molar-refractivity contribution in [3.05, 3.63) is 48.7 Å². The number of aromatic amines is 2. The molecule has 0 radical (unpaired) electrons. The Morgan fingerprint density at radius 3 is 2.74 bits per heavy atom. The minimum Gasteiger partial charge on any atom is -0.355 e. The molecule has 2 aliphatic rings. The molecular weight excluding hydrogens is 483 g/mol. The molecule has 2 fully saturated rings. The first kappa shape index (κ1) is 22.8. The number of nitrogens with zero attached hydrogens (tertiary/aromatic N) is 5. The van der Waals surface area contributed by atoms with E-state index in [-0.39, 0.29) is 11.8 Å². The van der Waals surface area contributed by atoms with E-state index in [0.29, 0.717) is 39.2 Å². The van der Waals surface area contributed by atoms with Crippen LogP contribution in [0.5, 0.6) is 0 Å². The smallest absolute Gasteiger partial charge is 0.227 e. The second kappa shape index (κ2) is 9.20. The van der Waals surface area contributed by atoms with E-state index in [9.17, 15) is 4.79 Å². The molecule has 5 aromatic rings. The molecule has 1 amide bonds. The quantitative estimate of drug-likeness (QED) is 0.290. The number of fused-ring (bicyclic) bond motifs is 2. The molecule has 1 aliphatic carbocycles. The summed E-state index contributed by atoms with van der Waals surface area (Å²) in [6.45, 7) is 1.90. The molecule has 3 N–H and O–H groups in total.